The number of rotatable bonds is 3. The largest absolute Gasteiger partial charge is 0.339 e. The highest BCUT2D eigenvalue weighted by molar-refractivity contribution is 9.10. The number of nitrogens with zero attached hydrogens (tertiary/aromatic N) is 2. The molecule has 0 aromatic heterocycles. The molecule has 2 amide bonds. The third-order valence-electron chi connectivity index (χ3n) is 4.88. The summed E-state index contributed by atoms with van der Waals surface area (Å²) >= 11 is 3.38. The van der Waals surface area contributed by atoms with E-state index in [-0.39, 0.29) is 17.7 Å². The monoisotopic (exact) mass is 379 g/mol. The molecule has 2 saturated heterocycles. The van der Waals surface area contributed by atoms with Gasteiger partial charge in [0.25, 0.3) is 5.91 Å². The number of hydrogen-bond donors (Lipinski definition) is 1. The van der Waals surface area contributed by atoms with Crippen molar-refractivity contribution < 1.29 is 9.59 Å². The summed E-state index contributed by atoms with van der Waals surface area (Å²) in [7, 11) is 0. The summed E-state index contributed by atoms with van der Waals surface area (Å²) in [6, 6.07) is 7.41. The summed E-state index contributed by atoms with van der Waals surface area (Å²) in [5.41, 5.74) is 0.696. The van der Waals surface area contributed by atoms with E-state index in [1.54, 1.807) is 0 Å². The van der Waals surface area contributed by atoms with Crippen LogP contribution in [0.25, 0.3) is 0 Å². The molecule has 5 nitrogen and oxygen atoms in total. The molecule has 3 rings (SSSR count). The topological polar surface area (TPSA) is 52.7 Å². The van der Waals surface area contributed by atoms with Crippen molar-refractivity contribution in [1.29, 1.82) is 0 Å². The van der Waals surface area contributed by atoms with Gasteiger partial charge in [-0.1, -0.05) is 22.9 Å². The predicted octanol–water partition coefficient (Wildman–Crippen LogP) is 1.59. The van der Waals surface area contributed by atoms with E-state index in [1.807, 2.05) is 41.0 Å². The van der Waals surface area contributed by atoms with Crippen LogP contribution >= 0.6 is 15.9 Å². The van der Waals surface area contributed by atoms with Gasteiger partial charge in [0.1, 0.15) is 0 Å². The lowest BCUT2D eigenvalue weighted by molar-refractivity contribution is -0.138. The van der Waals surface area contributed by atoms with Crippen molar-refractivity contribution in [3.05, 3.63) is 34.3 Å². The van der Waals surface area contributed by atoms with Gasteiger partial charge < -0.3 is 15.1 Å². The van der Waals surface area contributed by atoms with Crippen LogP contribution in [0.15, 0.2) is 28.7 Å². The van der Waals surface area contributed by atoms with Crippen molar-refractivity contribution >= 4 is 27.7 Å². The molecular formula is C17H22BrN3O2. The van der Waals surface area contributed by atoms with E-state index in [1.165, 1.54) is 0 Å². The normalized spacial score (nSPS) is 20.1. The first kappa shape index (κ1) is 16.5. The standard InChI is InChI=1S/C17H22BrN3O2/c1-12(14-10-19-11-14)16(22)20-6-8-21(9-7-20)17(23)13-2-4-15(18)5-3-13/h2-5,12,14,19H,6-11H2,1H3. The Balaban J connectivity index is 1.54. The van der Waals surface area contributed by atoms with Gasteiger partial charge in [-0.3, -0.25) is 9.59 Å². The zero-order valence-electron chi connectivity index (χ0n) is 13.3. The summed E-state index contributed by atoms with van der Waals surface area (Å²) in [6.07, 6.45) is 0. The predicted molar refractivity (Wildman–Crippen MR) is 92.1 cm³/mol. The number of carbonyl (C=O) groups is 2. The van der Waals surface area contributed by atoms with Crippen LogP contribution in [0.1, 0.15) is 17.3 Å². The minimum absolute atomic E-state index is 0.0424. The molecule has 124 valence electrons. The van der Waals surface area contributed by atoms with Crippen molar-refractivity contribution in [1.82, 2.24) is 15.1 Å². The van der Waals surface area contributed by atoms with Gasteiger partial charge in [-0.2, -0.15) is 0 Å². The van der Waals surface area contributed by atoms with Crippen LogP contribution in [0.3, 0.4) is 0 Å². The summed E-state index contributed by atoms with van der Waals surface area (Å²) in [5, 5.41) is 3.22. The Kier molecular flexibility index (Phi) is 5.02. The number of piperazine rings is 1. The SMILES string of the molecule is CC(C(=O)N1CCN(C(=O)c2ccc(Br)cc2)CC1)C1CNC1. The summed E-state index contributed by atoms with van der Waals surface area (Å²) < 4.78 is 0.962. The quantitative estimate of drug-likeness (QED) is 0.867. The second-order valence-corrected chi connectivity index (χ2v) is 7.25. The number of carbonyl (C=O) groups excluding carboxylic acids is 2. The maximum Gasteiger partial charge on any atom is 0.253 e. The summed E-state index contributed by atoms with van der Waals surface area (Å²) in [6.45, 7) is 6.38. The second kappa shape index (κ2) is 7.01. The summed E-state index contributed by atoms with van der Waals surface area (Å²) in [4.78, 5) is 28.7. The third kappa shape index (κ3) is 3.58. The van der Waals surface area contributed by atoms with Gasteiger partial charge in [-0.25, -0.2) is 0 Å². The molecule has 1 unspecified atom stereocenters. The Bertz CT molecular complexity index is 578. The number of nitrogens with one attached hydrogen (secondary N) is 1. The van der Waals surface area contributed by atoms with Crippen LogP contribution < -0.4 is 5.32 Å². The Labute approximate surface area is 145 Å². The molecule has 2 aliphatic heterocycles. The number of halogens is 1. The lowest BCUT2D eigenvalue weighted by Crippen LogP contribution is -2.55. The molecule has 2 fully saturated rings. The zero-order valence-corrected chi connectivity index (χ0v) is 14.9. The summed E-state index contributed by atoms with van der Waals surface area (Å²) in [5.74, 6) is 0.808. The van der Waals surface area contributed by atoms with Crippen molar-refractivity contribution in [2.75, 3.05) is 39.3 Å². The smallest absolute Gasteiger partial charge is 0.253 e. The lowest BCUT2D eigenvalue weighted by atomic mass is 9.88. The Morgan fingerprint density at radius 3 is 2.17 bits per heavy atom. The first-order chi connectivity index (χ1) is 11.1. The molecule has 0 spiro atoms. The van der Waals surface area contributed by atoms with Crippen LogP contribution in [-0.4, -0.2) is 60.9 Å². The molecule has 1 aromatic carbocycles. The van der Waals surface area contributed by atoms with Gasteiger partial charge in [-0.05, 0) is 43.3 Å². The highest BCUT2D eigenvalue weighted by Gasteiger charge is 2.33. The average Bonchev–Trinajstić information content (AvgIpc) is 2.53. The van der Waals surface area contributed by atoms with Crippen LogP contribution in [0.4, 0.5) is 0 Å². The molecule has 1 N–H and O–H groups in total. The Morgan fingerprint density at radius 1 is 1.09 bits per heavy atom. The van der Waals surface area contributed by atoms with E-state index >= 15 is 0 Å². The number of benzene rings is 1. The molecule has 1 atom stereocenters. The van der Waals surface area contributed by atoms with Gasteiger partial charge in [-0.15, -0.1) is 0 Å². The van der Waals surface area contributed by atoms with Gasteiger partial charge >= 0.3 is 0 Å². The van der Waals surface area contributed by atoms with Gasteiger partial charge in [0.2, 0.25) is 5.91 Å². The molecule has 1 aromatic rings. The fourth-order valence-electron chi connectivity index (χ4n) is 3.06. The van der Waals surface area contributed by atoms with Gasteiger partial charge in [0, 0.05) is 42.1 Å². The van der Waals surface area contributed by atoms with E-state index < -0.39 is 0 Å². The van der Waals surface area contributed by atoms with Gasteiger partial charge in [0.15, 0.2) is 0 Å². The molecule has 0 radical (unpaired) electrons. The van der Waals surface area contributed by atoms with Crippen molar-refractivity contribution in [3.63, 3.8) is 0 Å². The molecule has 0 saturated carbocycles. The third-order valence-corrected chi connectivity index (χ3v) is 5.41. The van der Waals surface area contributed by atoms with Crippen molar-refractivity contribution in [2.24, 2.45) is 11.8 Å². The van der Waals surface area contributed by atoms with E-state index in [0.29, 0.717) is 37.7 Å². The van der Waals surface area contributed by atoms with Crippen LogP contribution in [0.2, 0.25) is 0 Å². The highest BCUT2D eigenvalue weighted by Crippen LogP contribution is 2.20. The van der Waals surface area contributed by atoms with Crippen molar-refractivity contribution in [3.8, 4) is 0 Å². The fraction of sp³-hybridized carbons (Fsp3) is 0.529. The maximum atomic E-state index is 12.5. The molecule has 0 bridgehead atoms. The van der Waals surface area contributed by atoms with E-state index in [4.69, 9.17) is 0 Å². The zero-order chi connectivity index (χ0) is 16.4. The Hall–Kier alpha value is -1.40. The van der Waals surface area contributed by atoms with Crippen molar-refractivity contribution in [2.45, 2.75) is 6.92 Å². The lowest BCUT2D eigenvalue weighted by Gasteiger charge is -2.39. The first-order valence-electron chi connectivity index (χ1n) is 8.10. The molecule has 6 heteroatoms. The van der Waals surface area contributed by atoms with Crippen LogP contribution in [0.5, 0.6) is 0 Å². The average molecular weight is 380 g/mol. The minimum Gasteiger partial charge on any atom is -0.339 e. The van der Waals surface area contributed by atoms with E-state index in [2.05, 4.69) is 21.2 Å². The molecule has 23 heavy (non-hydrogen) atoms. The highest BCUT2D eigenvalue weighted by atomic mass is 79.9. The minimum atomic E-state index is 0.0424. The van der Waals surface area contributed by atoms with Gasteiger partial charge in [0.05, 0.1) is 0 Å². The molecular weight excluding hydrogens is 358 g/mol. The molecule has 2 heterocycles. The van der Waals surface area contributed by atoms with Crippen LogP contribution in [-0.2, 0) is 4.79 Å². The van der Waals surface area contributed by atoms with Crippen LogP contribution in [0, 0.1) is 11.8 Å². The molecule has 0 aliphatic carbocycles. The number of hydrogen-bond acceptors (Lipinski definition) is 3. The van der Waals surface area contributed by atoms with E-state index in [0.717, 1.165) is 17.6 Å². The second-order valence-electron chi connectivity index (χ2n) is 6.33. The first-order valence-corrected chi connectivity index (χ1v) is 8.90. The van der Waals surface area contributed by atoms with E-state index in [9.17, 15) is 9.59 Å². The number of amides is 2. The fourth-order valence-corrected chi connectivity index (χ4v) is 3.32. The molecule has 2 aliphatic rings. The maximum absolute atomic E-state index is 12.5. The Morgan fingerprint density at radius 2 is 1.65 bits per heavy atom.